The highest BCUT2D eigenvalue weighted by atomic mass is 16.6. The van der Waals surface area contributed by atoms with Gasteiger partial charge < -0.3 is 29.2 Å². The highest BCUT2D eigenvalue weighted by Crippen LogP contribution is 2.56. The minimum atomic E-state index is -2.55. The molecule has 11 nitrogen and oxygen atoms in total. The van der Waals surface area contributed by atoms with Crippen LogP contribution in [0.1, 0.15) is 99.3 Å². The molecule has 0 amide bonds. The van der Waals surface area contributed by atoms with Crippen molar-refractivity contribution in [1.82, 2.24) is 0 Å². The lowest BCUT2D eigenvalue weighted by molar-refractivity contribution is -0.211. The average molecular weight is 567 g/mol. The second-order valence-corrected chi connectivity index (χ2v) is 11.5. The van der Waals surface area contributed by atoms with E-state index >= 15 is 0 Å². The van der Waals surface area contributed by atoms with E-state index in [4.69, 9.17) is 18.9 Å². The molecule has 0 aromatic rings. The molecule has 40 heavy (non-hydrogen) atoms. The Morgan fingerprint density at radius 2 is 1.57 bits per heavy atom. The summed E-state index contributed by atoms with van der Waals surface area (Å²) in [5.41, 5.74) is -6.67. The zero-order valence-corrected chi connectivity index (χ0v) is 24.2. The number of hydrogen-bond acceptors (Lipinski definition) is 11. The summed E-state index contributed by atoms with van der Waals surface area (Å²) in [7, 11) is 0. The van der Waals surface area contributed by atoms with Gasteiger partial charge in [0.25, 0.3) is 0 Å². The van der Waals surface area contributed by atoms with Gasteiger partial charge in [0.05, 0.1) is 5.92 Å². The standard InChI is InChI=1S/C29H42O11/c1-7-9-10-11-12-14-20(32)38-24-22-21(16(3)23(24)33)25-29(36,28(6,35)26(34)39-25)18(37-19(31)13-8-2)15-27(22,5)40-17(4)30/h18,22,24-25,35-36H,7-15H2,1-6H3. The van der Waals surface area contributed by atoms with Gasteiger partial charge in [-0.05, 0) is 44.8 Å². The summed E-state index contributed by atoms with van der Waals surface area (Å²) in [6.45, 7) is 8.95. The molecule has 7 atom stereocenters. The SMILES string of the molecule is CCCCCCCC(=O)OC1C(=O)C(C)=C2C1C(C)(OC(C)=O)CC(OC(=O)CCC)C1(O)C2OC(=O)C1(C)O. The Hall–Kier alpha value is -2.79. The number of esters is 4. The van der Waals surface area contributed by atoms with Crippen LogP contribution in [0.2, 0.25) is 0 Å². The van der Waals surface area contributed by atoms with E-state index in [1.165, 1.54) is 13.8 Å². The first-order chi connectivity index (χ1) is 18.6. The second kappa shape index (κ2) is 12.0. The molecule has 0 spiro atoms. The van der Waals surface area contributed by atoms with E-state index < -0.39 is 77.1 Å². The molecule has 1 saturated heterocycles. The Morgan fingerprint density at radius 3 is 2.17 bits per heavy atom. The van der Waals surface area contributed by atoms with E-state index in [0.717, 1.165) is 39.5 Å². The van der Waals surface area contributed by atoms with Crippen molar-refractivity contribution in [3.8, 4) is 0 Å². The summed E-state index contributed by atoms with van der Waals surface area (Å²) in [6, 6.07) is 0. The van der Waals surface area contributed by atoms with E-state index in [1.54, 1.807) is 6.92 Å². The van der Waals surface area contributed by atoms with Crippen LogP contribution < -0.4 is 0 Å². The van der Waals surface area contributed by atoms with Gasteiger partial charge in [-0.3, -0.25) is 19.2 Å². The lowest BCUT2D eigenvalue weighted by atomic mass is 9.75. The van der Waals surface area contributed by atoms with Crippen molar-refractivity contribution in [3.05, 3.63) is 11.1 Å². The molecule has 11 heteroatoms. The Balaban J connectivity index is 2.09. The van der Waals surface area contributed by atoms with Crippen molar-refractivity contribution in [1.29, 1.82) is 0 Å². The van der Waals surface area contributed by atoms with Gasteiger partial charge in [0.1, 0.15) is 11.7 Å². The Morgan fingerprint density at radius 1 is 0.950 bits per heavy atom. The summed E-state index contributed by atoms with van der Waals surface area (Å²) < 4.78 is 22.6. The molecule has 3 aliphatic rings. The summed E-state index contributed by atoms with van der Waals surface area (Å²) in [5, 5.41) is 23.3. The number of carbonyl (C=O) groups excluding carboxylic acids is 5. The Bertz CT molecular complexity index is 1080. The molecule has 0 aromatic heterocycles. The maximum Gasteiger partial charge on any atom is 0.341 e. The fraction of sp³-hybridized carbons (Fsp3) is 0.759. The quantitative estimate of drug-likeness (QED) is 0.215. The third kappa shape index (κ3) is 5.54. The van der Waals surface area contributed by atoms with Gasteiger partial charge in [-0.2, -0.15) is 0 Å². The Kier molecular flexibility index (Phi) is 9.51. The van der Waals surface area contributed by atoms with Crippen LogP contribution in [-0.2, 0) is 42.9 Å². The van der Waals surface area contributed by atoms with Crippen molar-refractivity contribution >= 4 is 29.7 Å². The topological polar surface area (TPSA) is 163 Å². The normalized spacial score (nSPS) is 35.0. The van der Waals surface area contributed by atoms with Gasteiger partial charge >= 0.3 is 23.9 Å². The van der Waals surface area contributed by atoms with E-state index in [0.29, 0.717) is 12.8 Å². The van der Waals surface area contributed by atoms with Crippen LogP contribution in [0.25, 0.3) is 0 Å². The van der Waals surface area contributed by atoms with Crippen molar-refractivity contribution in [3.63, 3.8) is 0 Å². The van der Waals surface area contributed by atoms with Crippen molar-refractivity contribution < 1.29 is 53.1 Å². The third-order valence-corrected chi connectivity index (χ3v) is 8.37. The summed E-state index contributed by atoms with van der Waals surface area (Å²) in [6.07, 6.45) is -0.139. The minimum absolute atomic E-state index is 0.0133. The van der Waals surface area contributed by atoms with Crippen molar-refractivity contribution in [2.24, 2.45) is 5.92 Å². The first-order valence-corrected chi connectivity index (χ1v) is 14.1. The van der Waals surface area contributed by atoms with Crippen LogP contribution in [0.3, 0.4) is 0 Å². The molecule has 2 aliphatic carbocycles. The lowest BCUT2D eigenvalue weighted by Gasteiger charge is -2.41. The zero-order valence-electron chi connectivity index (χ0n) is 24.2. The monoisotopic (exact) mass is 566 g/mol. The van der Waals surface area contributed by atoms with Crippen LogP contribution >= 0.6 is 0 Å². The van der Waals surface area contributed by atoms with Crippen LogP contribution in [0.5, 0.6) is 0 Å². The number of Topliss-reactive ketones (excluding diaryl/α,β-unsaturated/α-hetero) is 1. The number of aliphatic hydroxyl groups is 2. The minimum Gasteiger partial charge on any atom is -0.459 e. The maximum atomic E-state index is 13.5. The summed E-state index contributed by atoms with van der Waals surface area (Å²) in [4.78, 5) is 64.2. The second-order valence-electron chi connectivity index (χ2n) is 11.5. The number of ketones is 1. The molecule has 1 heterocycles. The van der Waals surface area contributed by atoms with Crippen LogP contribution in [-0.4, -0.2) is 75.0 Å². The molecule has 3 rings (SSSR count). The van der Waals surface area contributed by atoms with E-state index in [9.17, 15) is 34.2 Å². The van der Waals surface area contributed by atoms with Gasteiger partial charge in [-0.25, -0.2) is 4.79 Å². The largest absolute Gasteiger partial charge is 0.459 e. The fourth-order valence-corrected chi connectivity index (χ4v) is 6.26. The number of fused-ring (bicyclic) bond motifs is 3. The summed E-state index contributed by atoms with van der Waals surface area (Å²) >= 11 is 0. The molecule has 0 aromatic carbocycles. The van der Waals surface area contributed by atoms with Gasteiger partial charge in [0, 0.05) is 26.2 Å². The van der Waals surface area contributed by atoms with Gasteiger partial charge in [-0.15, -0.1) is 0 Å². The van der Waals surface area contributed by atoms with Crippen molar-refractivity contribution in [2.45, 2.75) is 134 Å². The summed E-state index contributed by atoms with van der Waals surface area (Å²) in [5.74, 6) is -5.01. The third-order valence-electron chi connectivity index (χ3n) is 8.37. The smallest absolute Gasteiger partial charge is 0.341 e. The predicted molar refractivity (Wildman–Crippen MR) is 139 cm³/mol. The van der Waals surface area contributed by atoms with E-state index in [-0.39, 0.29) is 24.0 Å². The highest BCUT2D eigenvalue weighted by molar-refractivity contribution is 6.04. The van der Waals surface area contributed by atoms with Gasteiger partial charge in [0.15, 0.2) is 29.2 Å². The average Bonchev–Trinajstić information content (AvgIpc) is 3.17. The molecule has 7 unspecified atom stereocenters. The molecule has 1 saturated carbocycles. The van der Waals surface area contributed by atoms with Crippen LogP contribution in [0.15, 0.2) is 11.1 Å². The van der Waals surface area contributed by atoms with Gasteiger partial charge in [0.2, 0.25) is 0 Å². The first kappa shape index (κ1) is 31.7. The van der Waals surface area contributed by atoms with E-state index in [1.807, 2.05) is 0 Å². The first-order valence-electron chi connectivity index (χ1n) is 14.1. The van der Waals surface area contributed by atoms with Crippen LogP contribution in [0.4, 0.5) is 0 Å². The zero-order chi connectivity index (χ0) is 30.0. The van der Waals surface area contributed by atoms with E-state index in [2.05, 4.69) is 6.92 Å². The number of carbonyl (C=O) groups is 5. The van der Waals surface area contributed by atoms with Crippen LogP contribution in [0, 0.1) is 5.92 Å². The molecular formula is C29H42O11. The predicted octanol–water partition coefficient (Wildman–Crippen LogP) is 2.62. The molecular weight excluding hydrogens is 524 g/mol. The molecule has 1 aliphatic heterocycles. The fourth-order valence-electron chi connectivity index (χ4n) is 6.26. The molecule has 2 fully saturated rings. The number of hydrogen-bond donors (Lipinski definition) is 2. The lowest BCUT2D eigenvalue weighted by Crippen LogP contribution is -2.64. The molecule has 0 bridgehead atoms. The van der Waals surface area contributed by atoms with Crippen molar-refractivity contribution in [2.75, 3.05) is 0 Å². The van der Waals surface area contributed by atoms with Gasteiger partial charge in [-0.1, -0.05) is 39.5 Å². The number of rotatable bonds is 11. The molecule has 0 radical (unpaired) electrons. The highest BCUT2D eigenvalue weighted by Gasteiger charge is 2.75. The number of unbranched alkanes of at least 4 members (excludes halogenated alkanes) is 4. The molecule has 2 N–H and O–H groups in total. The maximum absolute atomic E-state index is 13.5. The number of ether oxygens (including phenoxy) is 4. The Labute approximate surface area is 234 Å². The molecule has 224 valence electrons.